The minimum Gasteiger partial charge on any atom is -0.491 e. The Morgan fingerprint density at radius 1 is 1.20 bits per heavy atom. The summed E-state index contributed by atoms with van der Waals surface area (Å²) in [7, 11) is 3.88. The standard InChI is InChI=1S/C20H35N3O2/c1-16(2)13-23-11-9-18(10-12-23)21-17-5-7-20(8-6-17)25-15-19(24)14-22(3)4/h5-8,16,18-19,21,24H,9-15H2,1-4H3. The highest BCUT2D eigenvalue weighted by Crippen LogP contribution is 2.20. The summed E-state index contributed by atoms with van der Waals surface area (Å²) in [5.74, 6) is 1.54. The van der Waals surface area contributed by atoms with E-state index in [1.54, 1.807) is 0 Å². The number of hydrogen-bond donors (Lipinski definition) is 2. The summed E-state index contributed by atoms with van der Waals surface area (Å²) in [6, 6.07) is 8.62. The van der Waals surface area contributed by atoms with Gasteiger partial charge in [0.05, 0.1) is 0 Å². The van der Waals surface area contributed by atoms with Crippen molar-refractivity contribution in [2.24, 2.45) is 5.92 Å². The van der Waals surface area contributed by atoms with Gasteiger partial charge in [0.2, 0.25) is 0 Å². The van der Waals surface area contributed by atoms with Crippen LogP contribution in [0.4, 0.5) is 5.69 Å². The predicted molar refractivity (Wildman–Crippen MR) is 104 cm³/mol. The number of ether oxygens (including phenoxy) is 1. The molecule has 0 saturated carbocycles. The molecule has 1 aliphatic heterocycles. The third kappa shape index (κ3) is 7.63. The third-order valence-corrected chi connectivity index (χ3v) is 4.45. The molecule has 5 heteroatoms. The maximum atomic E-state index is 9.84. The fourth-order valence-electron chi connectivity index (χ4n) is 3.33. The molecule has 0 aromatic heterocycles. The lowest BCUT2D eigenvalue weighted by molar-refractivity contribution is 0.0831. The minimum atomic E-state index is -0.469. The molecule has 1 saturated heterocycles. The predicted octanol–water partition coefficient (Wildman–Crippen LogP) is 2.52. The minimum absolute atomic E-state index is 0.319. The third-order valence-electron chi connectivity index (χ3n) is 4.45. The summed E-state index contributed by atoms with van der Waals surface area (Å²) >= 11 is 0. The number of hydrogen-bond acceptors (Lipinski definition) is 5. The Kier molecular flexibility index (Phi) is 8.00. The van der Waals surface area contributed by atoms with Crippen LogP contribution in [0, 0.1) is 5.92 Å². The van der Waals surface area contributed by atoms with Gasteiger partial charge in [-0.3, -0.25) is 0 Å². The number of rotatable bonds is 9. The van der Waals surface area contributed by atoms with Gasteiger partial charge in [0.25, 0.3) is 0 Å². The van der Waals surface area contributed by atoms with Gasteiger partial charge in [-0.2, -0.15) is 0 Å². The van der Waals surface area contributed by atoms with Crippen LogP contribution in [0.15, 0.2) is 24.3 Å². The summed E-state index contributed by atoms with van der Waals surface area (Å²) in [4.78, 5) is 4.52. The van der Waals surface area contributed by atoms with Crippen LogP contribution in [0.25, 0.3) is 0 Å². The first kappa shape index (κ1) is 20.0. The molecule has 0 aliphatic carbocycles. The second kappa shape index (κ2) is 10.00. The van der Waals surface area contributed by atoms with Gasteiger partial charge < -0.3 is 25.0 Å². The molecule has 1 aromatic carbocycles. The van der Waals surface area contributed by atoms with E-state index in [1.165, 1.54) is 32.5 Å². The van der Waals surface area contributed by atoms with E-state index in [4.69, 9.17) is 4.74 Å². The van der Waals surface area contributed by atoms with Crippen LogP contribution in [-0.4, -0.2) is 73.9 Å². The van der Waals surface area contributed by atoms with Gasteiger partial charge >= 0.3 is 0 Å². The van der Waals surface area contributed by atoms with Crippen LogP contribution in [0.1, 0.15) is 26.7 Å². The average Bonchev–Trinajstić information content (AvgIpc) is 2.55. The van der Waals surface area contributed by atoms with E-state index in [2.05, 4.69) is 36.2 Å². The molecule has 5 nitrogen and oxygen atoms in total. The number of nitrogens with one attached hydrogen (secondary N) is 1. The van der Waals surface area contributed by atoms with Crippen LogP contribution in [0.2, 0.25) is 0 Å². The van der Waals surface area contributed by atoms with Crippen molar-refractivity contribution < 1.29 is 9.84 Å². The van der Waals surface area contributed by atoms with Gasteiger partial charge in [0, 0.05) is 37.9 Å². The van der Waals surface area contributed by atoms with Crippen molar-refractivity contribution >= 4 is 5.69 Å². The van der Waals surface area contributed by atoms with E-state index in [9.17, 15) is 5.11 Å². The lowest BCUT2D eigenvalue weighted by Crippen LogP contribution is -2.40. The highest BCUT2D eigenvalue weighted by Gasteiger charge is 2.19. The molecular weight excluding hydrogens is 314 g/mol. The highest BCUT2D eigenvalue weighted by atomic mass is 16.5. The molecule has 1 unspecified atom stereocenters. The number of likely N-dealkylation sites (N-methyl/N-ethyl adjacent to an activating group) is 1. The zero-order chi connectivity index (χ0) is 18.2. The first-order valence-corrected chi connectivity index (χ1v) is 9.47. The van der Waals surface area contributed by atoms with Crippen LogP contribution in [0.3, 0.4) is 0 Å². The molecule has 142 valence electrons. The van der Waals surface area contributed by atoms with Crippen molar-refractivity contribution in [2.45, 2.75) is 38.8 Å². The number of benzene rings is 1. The van der Waals surface area contributed by atoms with E-state index < -0.39 is 6.10 Å². The molecule has 1 aromatic rings. The Hall–Kier alpha value is -1.30. The maximum Gasteiger partial charge on any atom is 0.119 e. The first-order chi connectivity index (χ1) is 11.9. The van der Waals surface area contributed by atoms with Gasteiger partial charge in [0.15, 0.2) is 0 Å². The summed E-state index contributed by atoms with van der Waals surface area (Å²) in [6.07, 6.45) is 1.92. The molecule has 1 atom stereocenters. The van der Waals surface area contributed by atoms with Crippen LogP contribution < -0.4 is 10.1 Å². The summed E-state index contributed by atoms with van der Waals surface area (Å²) < 4.78 is 5.65. The van der Waals surface area contributed by atoms with E-state index in [-0.39, 0.29) is 0 Å². The second-order valence-corrected chi connectivity index (χ2v) is 7.86. The van der Waals surface area contributed by atoms with Crippen LogP contribution in [0.5, 0.6) is 5.75 Å². The molecule has 2 N–H and O–H groups in total. The SMILES string of the molecule is CC(C)CN1CCC(Nc2ccc(OCC(O)CN(C)C)cc2)CC1. The van der Waals surface area contributed by atoms with E-state index in [1.807, 2.05) is 31.1 Å². The van der Waals surface area contributed by atoms with E-state index in [0.29, 0.717) is 19.2 Å². The van der Waals surface area contributed by atoms with Gasteiger partial charge in [0.1, 0.15) is 18.5 Å². The largest absolute Gasteiger partial charge is 0.491 e. The number of nitrogens with zero attached hydrogens (tertiary/aromatic N) is 2. The van der Waals surface area contributed by atoms with Gasteiger partial charge in [-0.15, -0.1) is 0 Å². The Labute approximate surface area is 153 Å². The number of aliphatic hydroxyl groups excluding tert-OH is 1. The van der Waals surface area contributed by atoms with Gasteiger partial charge in [-0.25, -0.2) is 0 Å². The van der Waals surface area contributed by atoms with Gasteiger partial charge in [-0.1, -0.05) is 13.8 Å². The van der Waals surface area contributed by atoms with E-state index in [0.717, 1.165) is 17.4 Å². The lowest BCUT2D eigenvalue weighted by atomic mass is 10.0. The van der Waals surface area contributed by atoms with Crippen LogP contribution >= 0.6 is 0 Å². The summed E-state index contributed by atoms with van der Waals surface area (Å²) in [6.45, 7) is 9.06. The first-order valence-electron chi connectivity index (χ1n) is 9.47. The molecule has 0 spiro atoms. The molecule has 2 rings (SSSR count). The number of aliphatic hydroxyl groups is 1. The molecular formula is C20H35N3O2. The van der Waals surface area contributed by atoms with Crippen molar-refractivity contribution in [3.05, 3.63) is 24.3 Å². The van der Waals surface area contributed by atoms with Crippen molar-refractivity contribution in [1.29, 1.82) is 0 Å². The molecule has 0 amide bonds. The van der Waals surface area contributed by atoms with Crippen molar-refractivity contribution in [3.63, 3.8) is 0 Å². The maximum absolute atomic E-state index is 9.84. The lowest BCUT2D eigenvalue weighted by Gasteiger charge is -2.33. The molecule has 25 heavy (non-hydrogen) atoms. The topological polar surface area (TPSA) is 48.0 Å². The average molecular weight is 350 g/mol. The quantitative estimate of drug-likeness (QED) is 0.717. The van der Waals surface area contributed by atoms with Crippen molar-refractivity contribution in [3.8, 4) is 5.75 Å². The summed E-state index contributed by atoms with van der Waals surface area (Å²) in [5, 5.41) is 13.5. The Morgan fingerprint density at radius 2 is 1.84 bits per heavy atom. The normalized spacial score (nSPS) is 17.9. The number of piperidine rings is 1. The Balaban J connectivity index is 1.72. The monoisotopic (exact) mass is 349 g/mol. The Morgan fingerprint density at radius 3 is 2.40 bits per heavy atom. The van der Waals surface area contributed by atoms with Crippen LogP contribution in [-0.2, 0) is 0 Å². The molecule has 1 aliphatic rings. The molecule has 0 bridgehead atoms. The fraction of sp³-hybridized carbons (Fsp3) is 0.700. The molecule has 0 radical (unpaired) electrons. The summed E-state index contributed by atoms with van der Waals surface area (Å²) in [5.41, 5.74) is 1.14. The van der Waals surface area contributed by atoms with Crippen molar-refractivity contribution in [1.82, 2.24) is 9.80 Å². The zero-order valence-corrected chi connectivity index (χ0v) is 16.2. The van der Waals surface area contributed by atoms with Crippen molar-refractivity contribution in [2.75, 3.05) is 52.2 Å². The second-order valence-electron chi connectivity index (χ2n) is 7.86. The van der Waals surface area contributed by atoms with E-state index >= 15 is 0 Å². The number of likely N-dealkylation sites (tertiary alicyclic amines) is 1. The smallest absolute Gasteiger partial charge is 0.119 e. The molecule has 1 fully saturated rings. The molecule has 1 heterocycles. The highest BCUT2D eigenvalue weighted by molar-refractivity contribution is 5.47. The Bertz CT molecular complexity index is 482. The zero-order valence-electron chi connectivity index (χ0n) is 16.2. The fourth-order valence-corrected chi connectivity index (χ4v) is 3.33. The number of anilines is 1. The van der Waals surface area contributed by atoms with Gasteiger partial charge in [-0.05, 0) is 57.1 Å².